The molecule has 0 N–H and O–H groups in total. The number of hydrogen-bond acceptors (Lipinski definition) is 0. The van der Waals surface area contributed by atoms with Gasteiger partial charge in [0.2, 0.25) is 0 Å². The van der Waals surface area contributed by atoms with Gasteiger partial charge in [-0.2, -0.15) is 0 Å². The molecule has 1 atom stereocenters. The second kappa shape index (κ2) is 2.87. The molecule has 0 saturated heterocycles. The summed E-state index contributed by atoms with van der Waals surface area (Å²) in [5, 5.41) is 0. The Kier molecular flexibility index (Phi) is 2.09. The first-order valence-electron chi connectivity index (χ1n) is 3.27. The fraction of sp³-hybridized carbons (Fsp3) is 0.429. The van der Waals surface area contributed by atoms with Crippen molar-refractivity contribution in [2.24, 2.45) is 5.92 Å². The maximum atomic E-state index is 2.31. The minimum Gasteiger partial charge on any atom is -0.0840 e. The molecule has 0 spiro atoms. The summed E-state index contributed by atoms with van der Waals surface area (Å²) < 4.78 is 0. The summed E-state index contributed by atoms with van der Waals surface area (Å²) in [7, 11) is 1.34. The monoisotopic (exact) mass is 124 g/mol. The molecule has 0 nitrogen and oxygen atoms in total. The predicted molar refractivity (Wildman–Crippen MR) is 41.1 cm³/mol. The van der Waals surface area contributed by atoms with E-state index in [1.54, 1.807) is 0 Å². The van der Waals surface area contributed by atoms with Crippen LogP contribution in [0.5, 0.6) is 0 Å². The lowest BCUT2D eigenvalue weighted by Crippen LogP contribution is -1.94. The average molecular weight is 124 g/mol. The number of rotatable bonds is 1. The molecule has 1 unspecified atom stereocenters. The minimum atomic E-state index is 0.881. The van der Waals surface area contributed by atoms with Gasteiger partial charge in [0.1, 0.15) is 0 Å². The summed E-state index contributed by atoms with van der Waals surface area (Å²) in [6.45, 7) is 0. The van der Waals surface area contributed by atoms with Crippen LogP contribution in [0.1, 0.15) is 6.42 Å². The normalized spacial score (nSPS) is 26.8. The second-order valence-electron chi connectivity index (χ2n) is 2.22. The van der Waals surface area contributed by atoms with Crippen molar-refractivity contribution < 1.29 is 0 Å². The zero-order valence-electron chi connectivity index (χ0n) is 5.30. The standard InChI is InChI=1S/C7H12Si/c8-6-7-4-2-1-3-5-7/h1-4,7H,5-6H2,8H3. The Morgan fingerprint density at radius 1 is 1.50 bits per heavy atom. The predicted octanol–water partition coefficient (Wildman–Crippen LogP) is 0.902. The molecule has 0 aromatic rings. The van der Waals surface area contributed by atoms with Crippen molar-refractivity contribution in [2.45, 2.75) is 12.5 Å². The summed E-state index contributed by atoms with van der Waals surface area (Å²) in [5.74, 6) is 0.881. The molecule has 0 aromatic heterocycles. The van der Waals surface area contributed by atoms with E-state index in [4.69, 9.17) is 0 Å². The molecular weight excluding hydrogens is 112 g/mol. The van der Waals surface area contributed by atoms with Gasteiger partial charge in [-0.3, -0.25) is 0 Å². The highest BCUT2D eigenvalue weighted by Gasteiger charge is 1.98. The van der Waals surface area contributed by atoms with E-state index in [9.17, 15) is 0 Å². The zero-order chi connectivity index (χ0) is 5.82. The Balaban J connectivity index is 2.40. The van der Waals surface area contributed by atoms with Crippen molar-refractivity contribution in [3.8, 4) is 0 Å². The zero-order valence-corrected chi connectivity index (χ0v) is 7.30. The Morgan fingerprint density at radius 3 is 2.75 bits per heavy atom. The molecular formula is C7H12Si. The fourth-order valence-electron chi connectivity index (χ4n) is 0.935. The third-order valence-electron chi connectivity index (χ3n) is 1.59. The van der Waals surface area contributed by atoms with Crippen LogP contribution in [0.25, 0.3) is 0 Å². The summed E-state index contributed by atoms with van der Waals surface area (Å²) in [4.78, 5) is 0. The maximum Gasteiger partial charge on any atom is 0.00355 e. The molecule has 0 amide bonds. The molecule has 1 heteroatoms. The largest absolute Gasteiger partial charge is 0.0840 e. The van der Waals surface area contributed by atoms with E-state index in [-0.39, 0.29) is 0 Å². The Hall–Kier alpha value is -0.303. The van der Waals surface area contributed by atoms with Crippen LogP contribution < -0.4 is 0 Å². The first-order chi connectivity index (χ1) is 3.93. The van der Waals surface area contributed by atoms with E-state index in [0.717, 1.165) is 5.92 Å². The minimum absolute atomic E-state index is 0.881. The first kappa shape index (κ1) is 5.83. The van der Waals surface area contributed by atoms with E-state index >= 15 is 0 Å². The van der Waals surface area contributed by atoms with Crippen LogP contribution in [0.4, 0.5) is 0 Å². The Morgan fingerprint density at radius 2 is 2.38 bits per heavy atom. The van der Waals surface area contributed by atoms with E-state index in [2.05, 4.69) is 24.3 Å². The second-order valence-corrected chi connectivity index (χ2v) is 3.03. The Bertz CT molecular complexity index is 114. The van der Waals surface area contributed by atoms with Gasteiger partial charge in [-0.25, -0.2) is 0 Å². The quantitative estimate of drug-likeness (QED) is 0.456. The van der Waals surface area contributed by atoms with Crippen LogP contribution in [0, 0.1) is 5.92 Å². The number of allylic oxidation sites excluding steroid dienone is 4. The van der Waals surface area contributed by atoms with E-state index in [1.165, 1.54) is 22.7 Å². The van der Waals surface area contributed by atoms with Crippen LogP contribution in [0.3, 0.4) is 0 Å². The van der Waals surface area contributed by atoms with Gasteiger partial charge in [0.15, 0.2) is 0 Å². The van der Waals surface area contributed by atoms with E-state index < -0.39 is 0 Å². The SMILES string of the molecule is [SiH3]CC1C=CC=CC1. The van der Waals surface area contributed by atoms with Gasteiger partial charge in [-0.1, -0.05) is 30.3 Å². The van der Waals surface area contributed by atoms with E-state index in [1.807, 2.05) is 0 Å². The molecule has 0 heterocycles. The highest BCUT2D eigenvalue weighted by atomic mass is 28.1. The van der Waals surface area contributed by atoms with Crippen molar-refractivity contribution in [1.82, 2.24) is 0 Å². The van der Waals surface area contributed by atoms with Gasteiger partial charge < -0.3 is 0 Å². The number of hydrogen-bond donors (Lipinski definition) is 0. The summed E-state index contributed by atoms with van der Waals surface area (Å²) in [6.07, 6.45) is 10.1. The highest BCUT2D eigenvalue weighted by Crippen LogP contribution is 2.13. The summed E-state index contributed by atoms with van der Waals surface area (Å²) in [6, 6.07) is 1.42. The van der Waals surface area contributed by atoms with Crippen LogP contribution in [0.15, 0.2) is 24.3 Å². The highest BCUT2D eigenvalue weighted by molar-refractivity contribution is 6.08. The van der Waals surface area contributed by atoms with Crippen LogP contribution >= 0.6 is 0 Å². The third kappa shape index (κ3) is 1.34. The lowest BCUT2D eigenvalue weighted by atomic mass is 10.0. The van der Waals surface area contributed by atoms with Crippen LogP contribution in [0.2, 0.25) is 6.04 Å². The maximum absolute atomic E-state index is 2.31. The molecule has 1 aliphatic rings. The van der Waals surface area contributed by atoms with Crippen molar-refractivity contribution in [3.05, 3.63) is 24.3 Å². The van der Waals surface area contributed by atoms with Gasteiger partial charge in [-0.05, 0) is 12.3 Å². The van der Waals surface area contributed by atoms with Crippen molar-refractivity contribution in [1.29, 1.82) is 0 Å². The lowest BCUT2D eigenvalue weighted by Gasteiger charge is -2.07. The van der Waals surface area contributed by atoms with Crippen LogP contribution in [-0.4, -0.2) is 10.2 Å². The molecule has 1 rings (SSSR count). The van der Waals surface area contributed by atoms with Gasteiger partial charge >= 0.3 is 0 Å². The van der Waals surface area contributed by atoms with Gasteiger partial charge in [0, 0.05) is 10.2 Å². The molecule has 0 fully saturated rings. The molecule has 44 valence electrons. The molecule has 0 aliphatic heterocycles. The van der Waals surface area contributed by atoms with Crippen molar-refractivity contribution in [3.63, 3.8) is 0 Å². The van der Waals surface area contributed by atoms with Gasteiger partial charge in [0.25, 0.3) is 0 Å². The van der Waals surface area contributed by atoms with Gasteiger partial charge in [0.05, 0.1) is 0 Å². The lowest BCUT2D eigenvalue weighted by molar-refractivity contribution is 0.735. The van der Waals surface area contributed by atoms with Crippen LogP contribution in [-0.2, 0) is 0 Å². The topological polar surface area (TPSA) is 0 Å². The average Bonchev–Trinajstić information content (AvgIpc) is 1.90. The molecule has 8 heavy (non-hydrogen) atoms. The summed E-state index contributed by atoms with van der Waals surface area (Å²) >= 11 is 0. The fourth-order valence-corrected chi connectivity index (χ4v) is 1.54. The van der Waals surface area contributed by atoms with Crippen molar-refractivity contribution in [2.75, 3.05) is 0 Å². The molecule has 1 aliphatic carbocycles. The van der Waals surface area contributed by atoms with Crippen molar-refractivity contribution >= 4 is 10.2 Å². The molecule has 0 saturated carbocycles. The third-order valence-corrected chi connectivity index (χ3v) is 2.64. The van der Waals surface area contributed by atoms with E-state index in [0.29, 0.717) is 0 Å². The smallest absolute Gasteiger partial charge is 0.00355 e. The van der Waals surface area contributed by atoms with Gasteiger partial charge in [-0.15, -0.1) is 0 Å². The molecule has 0 aromatic carbocycles. The summed E-state index contributed by atoms with van der Waals surface area (Å²) in [5.41, 5.74) is 0. The first-order valence-corrected chi connectivity index (χ1v) is 4.68. The molecule has 0 radical (unpaired) electrons. The molecule has 0 bridgehead atoms. The Labute approximate surface area is 53.7 Å².